The fraction of sp³-hybridized carbons (Fsp3) is 0.538. The number of phenolic OH excluding ortho intramolecular Hbond substituents is 1. The Morgan fingerprint density at radius 2 is 2.29 bits per heavy atom. The van der Waals surface area contributed by atoms with Gasteiger partial charge in [0, 0.05) is 17.2 Å². The van der Waals surface area contributed by atoms with Crippen molar-refractivity contribution in [3.8, 4) is 17.2 Å². The van der Waals surface area contributed by atoms with Gasteiger partial charge in [-0.3, -0.25) is 0 Å². The molecule has 4 nitrogen and oxygen atoms in total. The molecule has 2 aliphatic heterocycles. The minimum Gasteiger partial charge on any atom is -0.508 e. The van der Waals surface area contributed by atoms with E-state index in [9.17, 15) is 5.11 Å². The second kappa shape index (κ2) is 4.11. The first-order valence-corrected chi connectivity index (χ1v) is 6.07. The Bertz CT molecular complexity index is 438. The average Bonchev–Trinajstić information content (AvgIpc) is 2.78. The van der Waals surface area contributed by atoms with E-state index in [4.69, 9.17) is 14.2 Å². The van der Waals surface area contributed by atoms with Gasteiger partial charge in [-0.05, 0) is 12.8 Å². The van der Waals surface area contributed by atoms with Gasteiger partial charge >= 0.3 is 0 Å². The van der Waals surface area contributed by atoms with Crippen LogP contribution in [0.3, 0.4) is 0 Å². The first-order valence-electron chi connectivity index (χ1n) is 6.07. The molecule has 1 atom stereocenters. The molecule has 2 heterocycles. The van der Waals surface area contributed by atoms with E-state index in [1.807, 2.05) is 0 Å². The van der Waals surface area contributed by atoms with Gasteiger partial charge in [-0.1, -0.05) is 13.3 Å². The SMILES string of the molecule is CCCC1OCCc2c(O)cc3c(c21)OCO3. The molecule has 3 rings (SSSR count). The van der Waals surface area contributed by atoms with Crippen LogP contribution in [0.5, 0.6) is 17.2 Å². The second-order valence-corrected chi connectivity index (χ2v) is 4.42. The van der Waals surface area contributed by atoms with Gasteiger partial charge in [-0.2, -0.15) is 0 Å². The third-order valence-corrected chi connectivity index (χ3v) is 3.33. The molecule has 0 radical (unpaired) electrons. The molecule has 0 spiro atoms. The summed E-state index contributed by atoms with van der Waals surface area (Å²) in [5, 5.41) is 10.0. The largest absolute Gasteiger partial charge is 0.508 e. The number of hydrogen-bond donors (Lipinski definition) is 1. The monoisotopic (exact) mass is 236 g/mol. The summed E-state index contributed by atoms with van der Waals surface area (Å²) in [6.07, 6.45) is 2.73. The van der Waals surface area contributed by atoms with Gasteiger partial charge in [0.05, 0.1) is 12.7 Å². The standard InChI is InChI=1S/C13H16O4/c1-2-3-10-12-8(4-5-15-10)9(14)6-11-13(12)17-7-16-11/h6,10,14H,2-5,7H2,1H3. The summed E-state index contributed by atoms with van der Waals surface area (Å²) >= 11 is 0. The Kier molecular flexibility index (Phi) is 2.59. The molecular formula is C13H16O4. The molecule has 2 aliphatic rings. The van der Waals surface area contributed by atoms with Gasteiger partial charge in [-0.25, -0.2) is 0 Å². The van der Waals surface area contributed by atoms with E-state index in [0.29, 0.717) is 18.1 Å². The Morgan fingerprint density at radius 1 is 1.41 bits per heavy atom. The lowest BCUT2D eigenvalue weighted by molar-refractivity contribution is 0.0332. The summed E-state index contributed by atoms with van der Waals surface area (Å²) in [5.74, 6) is 1.69. The summed E-state index contributed by atoms with van der Waals surface area (Å²) < 4.78 is 16.6. The number of hydrogen-bond acceptors (Lipinski definition) is 4. The highest BCUT2D eigenvalue weighted by atomic mass is 16.7. The molecule has 1 aromatic carbocycles. The van der Waals surface area contributed by atoms with Crippen LogP contribution in [-0.4, -0.2) is 18.5 Å². The molecule has 1 unspecified atom stereocenters. The van der Waals surface area contributed by atoms with Gasteiger partial charge in [0.15, 0.2) is 11.5 Å². The van der Waals surface area contributed by atoms with Gasteiger partial charge in [0.1, 0.15) is 5.75 Å². The van der Waals surface area contributed by atoms with Crippen LogP contribution in [-0.2, 0) is 11.2 Å². The van der Waals surface area contributed by atoms with Crippen LogP contribution in [0, 0.1) is 0 Å². The van der Waals surface area contributed by atoms with E-state index in [0.717, 1.165) is 36.1 Å². The van der Waals surface area contributed by atoms with Crippen molar-refractivity contribution in [3.63, 3.8) is 0 Å². The van der Waals surface area contributed by atoms with Crippen LogP contribution in [0.4, 0.5) is 0 Å². The number of phenols is 1. The van der Waals surface area contributed by atoms with Gasteiger partial charge < -0.3 is 19.3 Å². The van der Waals surface area contributed by atoms with Crippen molar-refractivity contribution >= 4 is 0 Å². The number of rotatable bonds is 2. The molecule has 92 valence electrons. The van der Waals surface area contributed by atoms with Crippen molar-refractivity contribution in [3.05, 3.63) is 17.2 Å². The van der Waals surface area contributed by atoms with Crippen molar-refractivity contribution in [2.24, 2.45) is 0 Å². The molecule has 4 heteroatoms. The van der Waals surface area contributed by atoms with Crippen molar-refractivity contribution in [1.82, 2.24) is 0 Å². The Balaban J connectivity index is 2.13. The summed E-state index contributed by atoms with van der Waals surface area (Å²) in [4.78, 5) is 0. The lowest BCUT2D eigenvalue weighted by Crippen LogP contribution is -2.17. The molecule has 0 aliphatic carbocycles. The third-order valence-electron chi connectivity index (χ3n) is 3.33. The predicted molar refractivity (Wildman–Crippen MR) is 61.5 cm³/mol. The van der Waals surface area contributed by atoms with E-state index in [-0.39, 0.29) is 12.9 Å². The van der Waals surface area contributed by atoms with Crippen molar-refractivity contribution in [1.29, 1.82) is 0 Å². The fourth-order valence-corrected chi connectivity index (χ4v) is 2.57. The molecule has 0 fully saturated rings. The van der Waals surface area contributed by atoms with E-state index in [1.54, 1.807) is 6.07 Å². The second-order valence-electron chi connectivity index (χ2n) is 4.42. The Hall–Kier alpha value is -1.42. The third kappa shape index (κ3) is 1.63. The molecule has 0 amide bonds. The fourth-order valence-electron chi connectivity index (χ4n) is 2.57. The van der Waals surface area contributed by atoms with Crippen LogP contribution in [0.1, 0.15) is 37.0 Å². The lowest BCUT2D eigenvalue weighted by Gasteiger charge is -2.27. The van der Waals surface area contributed by atoms with Crippen molar-refractivity contribution < 1.29 is 19.3 Å². The summed E-state index contributed by atoms with van der Waals surface area (Å²) in [7, 11) is 0. The van der Waals surface area contributed by atoms with Gasteiger partial charge in [-0.15, -0.1) is 0 Å². The van der Waals surface area contributed by atoms with E-state index < -0.39 is 0 Å². The first-order chi connectivity index (χ1) is 8.31. The topological polar surface area (TPSA) is 47.9 Å². The van der Waals surface area contributed by atoms with Crippen LogP contribution in [0.15, 0.2) is 6.07 Å². The number of aromatic hydroxyl groups is 1. The number of benzene rings is 1. The number of ether oxygens (including phenoxy) is 3. The van der Waals surface area contributed by atoms with Crippen molar-refractivity contribution in [2.45, 2.75) is 32.3 Å². The zero-order valence-electron chi connectivity index (χ0n) is 9.86. The zero-order valence-corrected chi connectivity index (χ0v) is 9.86. The normalized spacial score (nSPS) is 21.4. The minimum absolute atomic E-state index is 0.0197. The Morgan fingerprint density at radius 3 is 3.12 bits per heavy atom. The molecule has 0 saturated carbocycles. The van der Waals surface area contributed by atoms with Gasteiger partial charge in [0.25, 0.3) is 0 Å². The molecule has 0 saturated heterocycles. The van der Waals surface area contributed by atoms with Crippen LogP contribution < -0.4 is 9.47 Å². The first kappa shape index (κ1) is 10.7. The molecular weight excluding hydrogens is 220 g/mol. The molecule has 1 aromatic rings. The maximum atomic E-state index is 10.0. The summed E-state index contributed by atoms with van der Waals surface area (Å²) in [5.41, 5.74) is 1.95. The van der Waals surface area contributed by atoms with Gasteiger partial charge in [0.2, 0.25) is 6.79 Å². The average molecular weight is 236 g/mol. The highest BCUT2D eigenvalue weighted by Crippen LogP contribution is 2.48. The Labute approximate surface area is 100 Å². The van der Waals surface area contributed by atoms with E-state index >= 15 is 0 Å². The highest BCUT2D eigenvalue weighted by molar-refractivity contribution is 5.59. The maximum absolute atomic E-state index is 10.0. The summed E-state index contributed by atoms with van der Waals surface area (Å²) in [6.45, 7) is 3.01. The molecule has 0 aromatic heterocycles. The number of fused-ring (bicyclic) bond motifs is 3. The molecule has 17 heavy (non-hydrogen) atoms. The van der Waals surface area contributed by atoms with E-state index in [1.165, 1.54) is 0 Å². The maximum Gasteiger partial charge on any atom is 0.231 e. The minimum atomic E-state index is 0.0197. The van der Waals surface area contributed by atoms with Crippen LogP contribution in [0.2, 0.25) is 0 Å². The molecule has 0 bridgehead atoms. The van der Waals surface area contributed by atoms with Crippen LogP contribution >= 0.6 is 0 Å². The predicted octanol–water partition coefficient (Wildman–Crippen LogP) is 2.53. The lowest BCUT2D eigenvalue weighted by atomic mass is 9.93. The van der Waals surface area contributed by atoms with Crippen molar-refractivity contribution in [2.75, 3.05) is 13.4 Å². The van der Waals surface area contributed by atoms with Crippen LogP contribution in [0.25, 0.3) is 0 Å². The quantitative estimate of drug-likeness (QED) is 0.857. The summed E-state index contributed by atoms with van der Waals surface area (Å²) in [6, 6.07) is 1.65. The zero-order chi connectivity index (χ0) is 11.8. The highest BCUT2D eigenvalue weighted by Gasteiger charge is 2.31. The molecule has 1 N–H and O–H groups in total. The smallest absolute Gasteiger partial charge is 0.231 e. The van der Waals surface area contributed by atoms with E-state index in [2.05, 4.69) is 6.92 Å².